The molecule has 0 fully saturated rings. The smallest absolute Gasteiger partial charge is 0.407 e. The predicted octanol–water partition coefficient (Wildman–Crippen LogP) is 2.16. The molecule has 8 nitrogen and oxygen atoms in total. The van der Waals surface area contributed by atoms with Gasteiger partial charge in [-0.05, 0) is 52.3 Å². The highest BCUT2D eigenvalue weighted by Crippen LogP contribution is 2.28. The molecule has 0 radical (unpaired) electrons. The van der Waals surface area contributed by atoms with Crippen LogP contribution in [-0.2, 0) is 4.74 Å². The van der Waals surface area contributed by atoms with Crippen molar-refractivity contribution in [3.05, 3.63) is 40.2 Å². The largest absolute Gasteiger partial charge is 0.506 e. The third-order valence-corrected chi connectivity index (χ3v) is 4.11. The molecular weight excluding hydrogens is 362 g/mol. The van der Waals surface area contributed by atoms with Gasteiger partial charge in [-0.25, -0.2) is 4.79 Å². The zero-order valence-electron chi connectivity index (χ0n) is 16.9. The molecule has 0 aliphatic rings. The molecule has 154 valence electrons. The Morgan fingerprint density at radius 2 is 1.86 bits per heavy atom. The number of benzene rings is 1. The summed E-state index contributed by atoms with van der Waals surface area (Å²) >= 11 is 0. The van der Waals surface area contributed by atoms with E-state index in [0.29, 0.717) is 17.5 Å². The summed E-state index contributed by atoms with van der Waals surface area (Å²) in [4.78, 5) is 25.9. The van der Waals surface area contributed by atoms with Gasteiger partial charge in [0.25, 0.3) is 0 Å². The van der Waals surface area contributed by atoms with Crippen LogP contribution in [0.2, 0.25) is 0 Å². The highest BCUT2D eigenvalue weighted by atomic mass is 16.6. The van der Waals surface area contributed by atoms with E-state index in [1.807, 2.05) is 13.8 Å². The number of amides is 1. The Morgan fingerprint density at radius 1 is 1.18 bits per heavy atom. The lowest BCUT2D eigenvalue weighted by Gasteiger charge is -2.29. The molecule has 0 saturated carbocycles. The van der Waals surface area contributed by atoms with E-state index in [-0.39, 0.29) is 23.4 Å². The first-order chi connectivity index (χ1) is 12.9. The maximum atomic E-state index is 11.8. The number of aliphatic hydroxyl groups is 1. The second kappa shape index (κ2) is 8.20. The van der Waals surface area contributed by atoms with E-state index >= 15 is 0 Å². The minimum atomic E-state index is -0.880. The number of aromatic hydroxyl groups is 1. The highest BCUT2D eigenvalue weighted by Gasteiger charge is 2.23. The Bertz CT molecular complexity index is 899. The fraction of sp³-hybridized carbons (Fsp3) is 0.500. The molecule has 0 bridgehead atoms. The first kappa shape index (κ1) is 21.7. The van der Waals surface area contributed by atoms with E-state index in [4.69, 9.17) is 4.74 Å². The molecule has 0 aliphatic heterocycles. The molecule has 1 unspecified atom stereocenters. The number of hydrogen-bond acceptors (Lipinski definition) is 6. The maximum Gasteiger partial charge on any atom is 0.407 e. The molecule has 0 spiro atoms. The standard InChI is InChI=1S/C20H29N3O5/c1-19(2,3)28-18(27)21-11-20(4,5)22-10-15(25)12-6-8-14(24)17-13(12)7-9-16(26)23-17/h6-9,15,22,24-25H,10-11H2,1-5H3,(H,21,27)(H,23,26). The summed E-state index contributed by atoms with van der Waals surface area (Å²) < 4.78 is 5.22. The quantitative estimate of drug-likeness (QED) is 0.514. The second-order valence-corrected chi connectivity index (χ2v) is 8.42. The molecule has 8 heteroatoms. The lowest BCUT2D eigenvalue weighted by molar-refractivity contribution is 0.0511. The number of hydrogen-bond donors (Lipinski definition) is 5. The molecule has 2 rings (SSSR count). The summed E-state index contributed by atoms with van der Waals surface area (Å²) in [5.74, 6) is -0.0569. The van der Waals surface area contributed by atoms with Crippen LogP contribution in [0.3, 0.4) is 0 Å². The number of alkyl carbamates (subject to hydrolysis) is 1. The lowest BCUT2D eigenvalue weighted by Crippen LogP contribution is -2.50. The van der Waals surface area contributed by atoms with Crippen molar-refractivity contribution < 1.29 is 19.7 Å². The average Bonchev–Trinajstić information content (AvgIpc) is 2.57. The maximum absolute atomic E-state index is 11.8. The first-order valence-electron chi connectivity index (χ1n) is 9.13. The summed E-state index contributed by atoms with van der Waals surface area (Å²) in [5.41, 5.74) is -0.540. The van der Waals surface area contributed by atoms with E-state index < -0.39 is 23.3 Å². The number of fused-ring (bicyclic) bond motifs is 1. The molecule has 0 aliphatic carbocycles. The third kappa shape index (κ3) is 5.97. The van der Waals surface area contributed by atoms with E-state index in [1.54, 1.807) is 32.9 Å². The SMILES string of the molecule is CC(C)(CNC(=O)OC(C)(C)C)NCC(O)c1ccc(O)c2[nH]c(=O)ccc12. The van der Waals surface area contributed by atoms with Crippen LogP contribution < -0.4 is 16.2 Å². The molecule has 5 N–H and O–H groups in total. The molecule has 1 atom stereocenters. The van der Waals surface area contributed by atoms with Crippen molar-refractivity contribution in [2.45, 2.75) is 51.9 Å². The van der Waals surface area contributed by atoms with Crippen molar-refractivity contribution in [2.75, 3.05) is 13.1 Å². The van der Waals surface area contributed by atoms with Gasteiger partial charge in [0.1, 0.15) is 11.4 Å². The molecular formula is C20H29N3O5. The highest BCUT2D eigenvalue weighted by molar-refractivity contribution is 5.87. The van der Waals surface area contributed by atoms with Crippen molar-refractivity contribution >= 4 is 17.0 Å². The molecule has 1 amide bonds. The van der Waals surface area contributed by atoms with Gasteiger partial charge in [0.15, 0.2) is 0 Å². The average molecular weight is 391 g/mol. The number of nitrogens with one attached hydrogen (secondary N) is 3. The minimum Gasteiger partial charge on any atom is -0.506 e. The number of aromatic nitrogens is 1. The number of carbonyl (C=O) groups excluding carboxylic acids is 1. The fourth-order valence-electron chi connectivity index (χ4n) is 2.70. The van der Waals surface area contributed by atoms with E-state index in [1.165, 1.54) is 12.1 Å². The number of phenolic OH excluding ortho intramolecular Hbond substituents is 1. The van der Waals surface area contributed by atoms with Gasteiger partial charge in [0.05, 0.1) is 11.6 Å². The van der Waals surface area contributed by atoms with Crippen molar-refractivity contribution in [3.63, 3.8) is 0 Å². The minimum absolute atomic E-state index is 0.0569. The summed E-state index contributed by atoms with van der Waals surface area (Å²) in [5, 5.41) is 27.1. The summed E-state index contributed by atoms with van der Waals surface area (Å²) in [6.07, 6.45) is -1.38. The Kier molecular flexibility index (Phi) is 6.36. The number of pyridine rings is 1. The Balaban J connectivity index is 2.02. The van der Waals surface area contributed by atoms with Crippen LogP contribution >= 0.6 is 0 Å². The Labute approximate surface area is 163 Å². The topological polar surface area (TPSA) is 124 Å². The van der Waals surface area contributed by atoms with E-state index in [2.05, 4.69) is 15.6 Å². The number of H-pyrrole nitrogens is 1. The van der Waals surface area contributed by atoms with Crippen LogP contribution in [0.15, 0.2) is 29.1 Å². The van der Waals surface area contributed by atoms with Crippen molar-refractivity contribution in [3.8, 4) is 5.75 Å². The van der Waals surface area contributed by atoms with Gasteiger partial charge in [0, 0.05) is 30.1 Å². The summed E-state index contributed by atoms with van der Waals surface area (Å²) in [7, 11) is 0. The number of aliphatic hydroxyl groups excluding tert-OH is 1. The van der Waals surface area contributed by atoms with Gasteiger partial charge in [0.2, 0.25) is 5.56 Å². The third-order valence-electron chi connectivity index (χ3n) is 4.11. The van der Waals surface area contributed by atoms with Crippen molar-refractivity contribution in [1.29, 1.82) is 0 Å². The van der Waals surface area contributed by atoms with Gasteiger partial charge >= 0.3 is 6.09 Å². The fourth-order valence-corrected chi connectivity index (χ4v) is 2.70. The number of rotatable bonds is 6. The van der Waals surface area contributed by atoms with Crippen LogP contribution in [0.4, 0.5) is 4.79 Å². The zero-order chi connectivity index (χ0) is 21.1. The number of carbonyl (C=O) groups is 1. The number of ether oxygens (including phenoxy) is 1. The van der Waals surface area contributed by atoms with E-state index in [0.717, 1.165) is 0 Å². The van der Waals surface area contributed by atoms with Crippen LogP contribution in [0, 0.1) is 0 Å². The van der Waals surface area contributed by atoms with Crippen LogP contribution in [0.1, 0.15) is 46.3 Å². The van der Waals surface area contributed by atoms with Crippen LogP contribution in [0.5, 0.6) is 5.75 Å². The van der Waals surface area contributed by atoms with Gasteiger partial charge in [-0.3, -0.25) is 4.79 Å². The Hall–Kier alpha value is -2.58. The predicted molar refractivity (Wildman–Crippen MR) is 108 cm³/mol. The van der Waals surface area contributed by atoms with Gasteiger partial charge in [-0.2, -0.15) is 0 Å². The van der Waals surface area contributed by atoms with Gasteiger partial charge in [-0.1, -0.05) is 6.07 Å². The zero-order valence-corrected chi connectivity index (χ0v) is 16.9. The summed E-state index contributed by atoms with van der Waals surface area (Å²) in [6, 6.07) is 5.97. The molecule has 2 aromatic rings. The van der Waals surface area contributed by atoms with Crippen molar-refractivity contribution in [1.82, 2.24) is 15.6 Å². The van der Waals surface area contributed by atoms with Gasteiger partial charge in [-0.15, -0.1) is 0 Å². The molecule has 1 heterocycles. The van der Waals surface area contributed by atoms with Gasteiger partial charge < -0.3 is 30.6 Å². The van der Waals surface area contributed by atoms with Crippen molar-refractivity contribution in [2.24, 2.45) is 0 Å². The number of β-amino-alcohol motifs (C(OH)–C–C–N with tert-alkyl or cyclic N) is 1. The summed E-state index contributed by atoms with van der Waals surface area (Å²) in [6.45, 7) is 9.68. The normalized spacial score (nSPS) is 13.4. The number of phenols is 1. The van der Waals surface area contributed by atoms with Crippen LogP contribution in [-0.4, -0.2) is 45.5 Å². The molecule has 28 heavy (non-hydrogen) atoms. The van der Waals surface area contributed by atoms with E-state index in [9.17, 15) is 19.8 Å². The molecule has 0 saturated heterocycles. The second-order valence-electron chi connectivity index (χ2n) is 8.42. The lowest BCUT2D eigenvalue weighted by atomic mass is 10.0. The first-order valence-corrected chi connectivity index (χ1v) is 9.13. The number of aromatic amines is 1. The molecule has 1 aromatic carbocycles. The van der Waals surface area contributed by atoms with Crippen LogP contribution in [0.25, 0.3) is 10.9 Å². The monoisotopic (exact) mass is 391 g/mol. The Morgan fingerprint density at radius 3 is 2.50 bits per heavy atom. The molecule has 1 aromatic heterocycles.